The third-order valence-corrected chi connectivity index (χ3v) is 5.94. The number of hydrogen-bond donors (Lipinski definition) is 0. The van der Waals surface area contributed by atoms with Gasteiger partial charge in [0.05, 0.1) is 5.92 Å². The number of anilines is 1. The van der Waals surface area contributed by atoms with Crippen molar-refractivity contribution in [1.29, 1.82) is 0 Å². The molecule has 0 aromatic heterocycles. The maximum absolute atomic E-state index is 14.3. The third kappa shape index (κ3) is 4.05. The van der Waals surface area contributed by atoms with Crippen molar-refractivity contribution in [3.63, 3.8) is 0 Å². The number of hydrogen-bond acceptors (Lipinski definition) is 2. The first-order chi connectivity index (χ1) is 15.4. The maximum Gasteiger partial charge on any atom is 0.234 e. The van der Waals surface area contributed by atoms with Crippen LogP contribution in [-0.4, -0.2) is 37.0 Å². The highest BCUT2D eigenvalue weighted by molar-refractivity contribution is 6.31. The molecule has 8 heteroatoms. The number of rotatable bonds is 4. The van der Waals surface area contributed by atoms with Gasteiger partial charge >= 0.3 is 0 Å². The summed E-state index contributed by atoms with van der Waals surface area (Å²) in [6.07, 6.45) is 0. The first-order valence-electron chi connectivity index (χ1n) is 10.0. The Labute approximate surface area is 187 Å². The van der Waals surface area contributed by atoms with Crippen LogP contribution in [0.5, 0.6) is 0 Å². The summed E-state index contributed by atoms with van der Waals surface area (Å²) in [7, 11) is 0. The number of amides is 1. The van der Waals surface area contributed by atoms with Crippen molar-refractivity contribution in [2.24, 2.45) is 0 Å². The average molecular weight is 463 g/mol. The summed E-state index contributed by atoms with van der Waals surface area (Å²) in [5, 5.41) is -1.22. The summed E-state index contributed by atoms with van der Waals surface area (Å²) in [6, 6.07) is 18.6. The number of benzene rings is 3. The Bertz CT molecular complexity index is 1050. The first kappa shape index (κ1) is 22.1. The van der Waals surface area contributed by atoms with E-state index in [1.165, 1.54) is 4.90 Å². The number of nitrogens with zero attached hydrogens (tertiary/aromatic N) is 2. The molecule has 1 amide bonds. The van der Waals surface area contributed by atoms with Crippen LogP contribution in [0.25, 0.3) is 0 Å². The molecule has 166 valence electrons. The largest absolute Gasteiger partial charge is 0.363 e. The molecule has 32 heavy (non-hydrogen) atoms. The second kappa shape index (κ2) is 9.20. The van der Waals surface area contributed by atoms with Gasteiger partial charge in [-0.15, -0.1) is 0 Å². The minimum Gasteiger partial charge on any atom is -0.363 e. The third-order valence-electron chi connectivity index (χ3n) is 5.61. The molecule has 0 aliphatic carbocycles. The van der Waals surface area contributed by atoms with E-state index >= 15 is 0 Å². The van der Waals surface area contributed by atoms with E-state index in [0.29, 0.717) is 0 Å². The Balaban J connectivity index is 1.57. The highest BCUT2D eigenvalue weighted by Crippen LogP contribution is 2.34. The van der Waals surface area contributed by atoms with E-state index < -0.39 is 39.9 Å². The predicted octanol–water partition coefficient (Wildman–Crippen LogP) is 5.38. The molecule has 1 saturated heterocycles. The zero-order chi connectivity index (χ0) is 22.8. The molecule has 0 saturated carbocycles. The summed E-state index contributed by atoms with van der Waals surface area (Å²) >= 11 is 5.31. The second-order valence-electron chi connectivity index (χ2n) is 7.49. The Hall–Kier alpha value is -3.06. The van der Waals surface area contributed by atoms with E-state index in [9.17, 15) is 22.4 Å². The number of piperazine rings is 1. The molecule has 0 bridgehead atoms. The molecule has 0 unspecified atom stereocenters. The number of carbonyl (C=O) groups excluding carboxylic acids is 1. The normalized spacial score (nSPS) is 14.2. The fourth-order valence-corrected chi connectivity index (χ4v) is 4.14. The lowest BCUT2D eigenvalue weighted by atomic mass is 9.90. The molecule has 0 N–H and O–H groups in total. The molecule has 3 aromatic rings. The van der Waals surface area contributed by atoms with Crippen molar-refractivity contribution in [3.8, 4) is 0 Å². The second-order valence-corrected chi connectivity index (χ2v) is 7.86. The molecule has 4 rings (SSSR count). The lowest BCUT2D eigenvalue weighted by molar-refractivity contribution is -0.132. The van der Waals surface area contributed by atoms with Gasteiger partial charge in [-0.05, 0) is 11.1 Å². The minimum absolute atomic E-state index is 0.0103. The van der Waals surface area contributed by atoms with E-state index in [-0.39, 0.29) is 32.1 Å². The quantitative estimate of drug-likeness (QED) is 0.295. The van der Waals surface area contributed by atoms with Crippen LogP contribution in [0.2, 0.25) is 5.02 Å². The number of halogens is 5. The van der Waals surface area contributed by atoms with Gasteiger partial charge in [0.15, 0.2) is 23.3 Å². The topological polar surface area (TPSA) is 23.6 Å². The molecule has 1 aliphatic rings. The molecule has 1 aliphatic heterocycles. The van der Waals surface area contributed by atoms with Crippen LogP contribution in [0, 0.1) is 23.3 Å². The average Bonchev–Trinajstić information content (AvgIpc) is 2.83. The van der Waals surface area contributed by atoms with Crippen molar-refractivity contribution in [2.75, 3.05) is 31.1 Å². The van der Waals surface area contributed by atoms with Crippen LogP contribution in [0.3, 0.4) is 0 Å². The SMILES string of the molecule is O=C(C(c1ccccc1)c1ccccc1)N1CCN(c2c(F)c(F)c(Cl)c(F)c2F)CC1. The lowest BCUT2D eigenvalue weighted by Gasteiger charge is -2.38. The van der Waals surface area contributed by atoms with E-state index in [1.807, 2.05) is 60.7 Å². The zero-order valence-corrected chi connectivity index (χ0v) is 17.6. The van der Waals surface area contributed by atoms with Crippen molar-refractivity contribution in [2.45, 2.75) is 5.92 Å². The van der Waals surface area contributed by atoms with Gasteiger partial charge in [-0.3, -0.25) is 4.79 Å². The van der Waals surface area contributed by atoms with Gasteiger partial charge in [-0.25, -0.2) is 17.6 Å². The summed E-state index contributed by atoms with van der Waals surface area (Å²) < 4.78 is 56.4. The molecule has 0 radical (unpaired) electrons. The Morgan fingerprint density at radius 3 is 1.59 bits per heavy atom. The van der Waals surface area contributed by atoms with Crippen molar-refractivity contribution in [3.05, 3.63) is 100 Å². The molecule has 1 fully saturated rings. The Kier molecular flexibility index (Phi) is 6.37. The standard InChI is InChI=1S/C24H19ClF4N2O/c25-18-19(26)21(28)23(22(29)20(18)27)30-11-13-31(14-12-30)24(32)17(15-7-3-1-4-8-15)16-9-5-2-6-10-16/h1-10,17H,11-14H2. The van der Waals surface area contributed by atoms with Crippen LogP contribution < -0.4 is 4.90 Å². The molecular weight excluding hydrogens is 444 g/mol. The van der Waals surface area contributed by atoms with Crippen LogP contribution in [0.1, 0.15) is 17.0 Å². The molecule has 3 aromatic carbocycles. The van der Waals surface area contributed by atoms with Gasteiger partial charge in [-0.1, -0.05) is 72.3 Å². The summed E-state index contributed by atoms with van der Waals surface area (Å²) in [5.74, 6) is -7.04. The fourth-order valence-electron chi connectivity index (χ4n) is 3.97. The molecule has 3 nitrogen and oxygen atoms in total. The molecule has 0 spiro atoms. The van der Waals surface area contributed by atoms with Gasteiger partial charge in [0, 0.05) is 26.2 Å². The number of carbonyl (C=O) groups is 1. The van der Waals surface area contributed by atoms with Gasteiger partial charge in [0.1, 0.15) is 10.7 Å². The summed E-state index contributed by atoms with van der Waals surface area (Å²) in [5.41, 5.74) is 0.842. The van der Waals surface area contributed by atoms with Gasteiger partial charge < -0.3 is 9.80 Å². The van der Waals surface area contributed by atoms with Crippen molar-refractivity contribution in [1.82, 2.24) is 4.90 Å². The van der Waals surface area contributed by atoms with E-state index in [4.69, 9.17) is 11.6 Å². The van der Waals surface area contributed by atoms with Crippen LogP contribution in [-0.2, 0) is 4.79 Å². The van der Waals surface area contributed by atoms with Crippen molar-refractivity contribution < 1.29 is 22.4 Å². The van der Waals surface area contributed by atoms with E-state index in [0.717, 1.165) is 11.1 Å². The monoisotopic (exact) mass is 462 g/mol. The van der Waals surface area contributed by atoms with E-state index in [1.54, 1.807) is 4.90 Å². The predicted molar refractivity (Wildman–Crippen MR) is 115 cm³/mol. The van der Waals surface area contributed by atoms with Crippen LogP contribution in [0.4, 0.5) is 23.2 Å². The highest BCUT2D eigenvalue weighted by Gasteiger charge is 2.33. The first-order valence-corrected chi connectivity index (χ1v) is 10.4. The summed E-state index contributed by atoms with van der Waals surface area (Å²) in [4.78, 5) is 16.2. The molecule has 1 heterocycles. The van der Waals surface area contributed by atoms with Gasteiger partial charge in [0.2, 0.25) is 5.91 Å². The van der Waals surface area contributed by atoms with Crippen LogP contribution >= 0.6 is 11.6 Å². The van der Waals surface area contributed by atoms with E-state index in [2.05, 4.69) is 0 Å². The highest BCUT2D eigenvalue weighted by atomic mass is 35.5. The molecule has 0 atom stereocenters. The van der Waals surface area contributed by atoms with Crippen molar-refractivity contribution >= 4 is 23.2 Å². The van der Waals surface area contributed by atoms with Gasteiger partial charge in [0.25, 0.3) is 0 Å². The molecular formula is C24H19ClF4N2O. The zero-order valence-electron chi connectivity index (χ0n) is 16.9. The maximum atomic E-state index is 14.3. The Morgan fingerprint density at radius 2 is 1.16 bits per heavy atom. The van der Waals surface area contributed by atoms with Gasteiger partial charge in [-0.2, -0.15) is 0 Å². The fraction of sp³-hybridized carbons (Fsp3) is 0.208. The lowest BCUT2D eigenvalue weighted by Crippen LogP contribution is -2.50. The minimum atomic E-state index is -1.63. The summed E-state index contributed by atoms with van der Waals surface area (Å²) in [6.45, 7) is 0.298. The van der Waals surface area contributed by atoms with Crippen LogP contribution in [0.15, 0.2) is 60.7 Å². The smallest absolute Gasteiger partial charge is 0.234 e. The Morgan fingerprint density at radius 1 is 0.719 bits per heavy atom.